The van der Waals surface area contributed by atoms with Crippen LogP contribution in [0.2, 0.25) is 0 Å². The quantitative estimate of drug-likeness (QED) is 0.674. The van der Waals surface area contributed by atoms with Gasteiger partial charge in [0, 0.05) is 12.2 Å². The Balaban J connectivity index is 2.11. The Labute approximate surface area is 153 Å². The molecule has 1 atom stereocenters. The van der Waals surface area contributed by atoms with Crippen LogP contribution < -0.4 is 10.1 Å². The third kappa shape index (κ3) is 6.42. The van der Waals surface area contributed by atoms with Crippen LogP contribution in [0.4, 0.5) is 4.39 Å². The van der Waals surface area contributed by atoms with E-state index in [1.165, 1.54) is 12.1 Å². The van der Waals surface area contributed by atoms with E-state index < -0.39 is 0 Å². The smallest absolute Gasteiger partial charge is 0.221 e. The molecule has 2 rings (SSSR count). The van der Waals surface area contributed by atoms with Gasteiger partial charge in [-0.3, -0.25) is 4.79 Å². The molecule has 134 valence electrons. The summed E-state index contributed by atoms with van der Waals surface area (Å²) < 4.78 is 18.3. The number of rotatable bonds is 9. The molecule has 1 unspecified atom stereocenters. The molecule has 0 aliphatic carbocycles. The fraction of sp³-hybridized carbons (Fsp3) is 0.350. The van der Waals surface area contributed by atoms with Crippen LogP contribution >= 0.6 is 11.8 Å². The summed E-state index contributed by atoms with van der Waals surface area (Å²) in [5.41, 5.74) is 1.98. The highest BCUT2D eigenvalue weighted by Gasteiger charge is 2.15. The summed E-state index contributed by atoms with van der Waals surface area (Å²) in [7, 11) is 1.62. The molecule has 0 heterocycles. The zero-order valence-electron chi connectivity index (χ0n) is 14.6. The van der Waals surface area contributed by atoms with Gasteiger partial charge >= 0.3 is 0 Å². The van der Waals surface area contributed by atoms with E-state index in [-0.39, 0.29) is 17.8 Å². The largest absolute Gasteiger partial charge is 0.497 e. The van der Waals surface area contributed by atoms with Crippen molar-refractivity contribution in [3.05, 3.63) is 65.5 Å². The van der Waals surface area contributed by atoms with Crippen LogP contribution in [-0.4, -0.2) is 24.5 Å². The van der Waals surface area contributed by atoms with E-state index >= 15 is 0 Å². The lowest BCUT2D eigenvalue weighted by Gasteiger charge is -2.20. The molecule has 5 heteroatoms. The lowest BCUT2D eigenvalue weighted by Crippen LogP contribution is -2.30. The maximum atomic E-state index is 13.1. The molecule has 0 saturated heterocycles. The first kappa shape index (κ1) is 19.3. The van der Waals surface area contributed by atoms with Crippen LogP contribution in [0.3, 0.4) is 0 Å². The third-order valence-corrected chi connectivity index (χ3v) is 4.79. The number of carbonyl (C=O) groups excluding carboxylic acids is 1. The monoisotopic (exact) mass is 361 g/mol. The Kier molecular flexibility index (Phi) is 7.79. The fourth-order valence-corrected chi connectivity index (χ4v) is 3.14. The van der Waals surface area contributed by atoms with Crippen molar-refractivity contribution in [3.8, 4) is 5.75 Å². The maximum absolute atomic E-state index is 13.1. The molecule has 0 aliphatic heterocycles. The summed E-state index contributed by atoms with van der Waals surface area (Å²) >= 11 is 1.75. The standard InChI is InChI=1S/C20H24FNO2S/c1-3-25-13-12-20(23)22-19(14-15-4-8-17(21)9-5-15)16-6-10-18(24-2)11-7-16/h4-11,19H,3,12-14H2,1-2H3,(H,22,23). The summed E-state index contributed by atoms with van der Waals surface area (Å²) in [6, 6.07) is 13.9. The Hall–Kier alpha value is -2.01. The Bertz CT molecular complexity index is 658. The molecule has 2 aromatic rings. The van der Waals surface area contributed by atoms with E-state index in [0.717, 1.165) is 28.4 Å². The van der Waals surface area contributed by atoms with E-state index in [4.69, 9.17) is 4.74 Å². The maximum Gasteiger partial charge on any atom is 0.221 e. The average molecular weight is 361 g/mol. The Morgan fingerprint density at radius 3 is 2.44 bits per heavy atom. The first-order chi connectivity index (χ1) is 12.1. The van der Waals surface area contributed by atoms with Crippen molar-refractivity contribution in [3.63, 3.8) is 0 Å². The van der Waals surface area contributed by atoms with Crippen molar-refractivity contribution in [1.29, 1.82) is 0 Å². The molecule has 3 nitrogen and oxygen atoms in total. The summed E-state index contributed by atoms with van der Waals surface area (Å²) in [6.45, 7) is 2.08. The van der Waals surface area contributed by atoms with Crippen molar-refractivity contribution in [2.45, 2.75) is 25.8 Å². The van der Waals surface area contributed by atoms with E-state index in [0.29, 0.717) is 12.8 Å². The van der Waals surface area contributed by atoms with Crippen LogP contribution in [0.1, 0.15) is 30.5 Å². The highest BCUT2D eigenvalue weighted by atomic mass is 32.2. The molecule has 1 N–H and O–H groups in total. The number of amides is 1. The summed E-state index contributed by atoms with van der Waals surface area (Å²) in [6.07, 6.45) is 1.11. The second-order valence-electron chi connectivity index (χ2n) is 5.67. The van der Waals surface area contributed by atoms with Crippen LogP contribution in [0.25, 0.3) is 0 Å². The van der Waals surface area contributed by atoms with E-state index in [1.54, 1.807) is 31.0 Å². The minimum atomic E-state index is -0.259. The average Bonchev–Trinajstić information content (AvgIpc) is 2.63. The Morgan fingerprint density at radius 1 is 1.16 bits per heavy atom. The predicted octanol–water partition coefficient (Wildman–Crippen LogP) is 4.38. The molecule has 0 saturated carbocycles. The van der Waals surface area contributed by atoms with Gasteiger partial charge in [0.25, 0.3) is 0 Å². The highest BCUT2D eigenvalue weighted by molar-refractivity contribution is 7.99. The number of nitrogens with one attached hydrogen (secondary N) is 1. The first-order valence-electron chi connectivity index (χ1n) is 8.38. The first-order valence-corrected chi connectivity index (χ1v) is 9.53. The summed E-state index contributed by atoms with van der Waals surface area (Å²) in [4.78, 5) is 12.3. The van der Waals surface area contributed by atoms with Crippen LogP contribution in [0, 0.1) is 5.82 Å². The molecular formula is C20H24FNO2S. The van der Waals surface area contributed by atoms with Crippen molar-refractivity contribution in [2.75, 3.05) is 18.6 Å². The lowest BCUT2D eigenvalue weighted by molar-refractivity contribution is -0.121. The molecule has 0 spiro atoms. The van der Waals surface area contributed by atoms with Gasteiger partial charge in [-0.2, -0.15) is 11.8 Å². The van der Waals surface area contributed by atoms with Crippen molar-refractivity contribution >= 4 is 17.7 Å². The molecule has 0 bridgehead atoms. The summed E-state index contributed by atoms with van der Waals surface area (Å²) in [5, 5.41) is 3.11. The van der Waals surface area contributed by atoms with Gasteiger partial charge in [0.15, 0.2) is 0 Å². The van der Waals surface area contributed by atoms with Crippen molar-refractivity contribution < 1.29 is 13.9 Å². The van der Waals surface area contributed by atoms with Crippen molar-refractivity contribution in [2.24, 2.45) is 0 Å². The zero-order valence-corrected chi connectivity index (χ0v) is 15.4. The van der Waals surface area contributed by atoms with Crippen LogP contribution in [-0.2, 0) is 11.2 Å². The zero-order chi connectivity index (χ0) is 18.1. The second kappa shape index (κ2) is 10.1. The number of methoxy groups -OCH3 is 1. The number of thioether (sulfide) groups is 1. The number of hydrogen-bond donors (Lipinski definition) is 1. The molecule has 0 aromatic heterocycles. The van der Waals surface area contributed by atoms with Gasteiger partial charge in [-0.05, 0) is 47.6 Å². The number of carbonyl (C=O) groups is 1. The number of benzene rings is 2. The fourth-order valence-electron chi connectivity index (χ4n) is 2.52. The third-order valence-electron chi connectivity index (χ3n) is 3.88. The number of ether oxygens (including phenoxy) is 1. The van der Waals surface area contributed by atoms with Gasteiger partial charge in [0.05, 0.1) is 13.2 Å². The van der Waals surface area contributed by atoms with Crippen LogP contribution in [0.5, 0.6) is 5.75 Å². The van der Waals surface area contributed by atoms with Gasteiger partial charge in [-0.15, -0.1) is 0 Å². The van der Waals surface area contributed by atoms with E-state index in [2.05, 4.69) is 12.2 Å². The van der Waals surface area contributed by atoms with E-state index in [1.807, 2.05) is 24.3 Å². The molecule has 2 aromatic carbocycles. The summed E-state index contributed by atoms with van der Waals surface area (Å²) in [5.74, 6) is 2.36. The van der Waals surface area contributed by atoms with Gasteiger partial charge in [0.1, 0.15) is 11.6 Å². The van der Waals surface area contributed by atoms with Crippen LogP contribution in [0.15, 0.2) is 48.5 Å². The normalized spacial score (nSPS) is 11.8. The SMILES string of the molecule is CCSCCC(=O)NC(Cc1ccc(F)cc1)c1ccc(OC)cc1. The molecule has 1 amide bonds. The molecule has 0 fully saturated rings. The molecule has 25 heavy (non-hydrogen) atoms. The van der Waals surface area contributed by atoms with Gasteiger partial charge in [0.2, 0.25) is 5.91 Å². The number of hydrogen-bond acceptors (Lipinski definition) is 3. The van der Waals surface area contributed by atoms with Crippen molar-refractivity contribution in [1.82, 2.24) is 5.32 Å². The Morgan fingerprint density at radius 2 is 1.84 bits per heavy atom. The van der Waals surface area contributed by atoms with Gasteiger partial charge < -0.3 is 10.1 Å². The molecule has 0 radical (unpaired) electrons. The molecular weight excluding hydrogens is 337 g/mol. The van der Waals surface area contributed by atoms with Gasteiger partial charge in [-0.1, -0.05) is 31.2 Å². The molecule has 0 aliphatic rings. The number of halogens is 1. The highest BCUT2D eigenvalue weighted by Crippen LogP contribution is 2.22. The minimum absolute atomic E-state index is 0.0314. The second-order valence-corrected chi connectivity index (χ2v) is 7.06. The topological polar surface area (TPSA) is 38.3 Å². The van der Waals surface area contributed by atoms with Gasteiger partial charge in [-0.25, -0.2) is 4.39 Å². The lowest BCUT2D eigenvalue weighted by atomic mass is 9.98. The minimum Gasteiger partial charge on any atom is -0.497 e. The predicted molar refractivity (Wildman–Crippen MR) is 102 cm³/mol. The van der Waals surface area contributed by atoms with E-state index in [9.17, 15) is 9.18 Å².